The summed E-state index contributed by atoms with van der Waals surface area (Å²) < 4.78 is 13.6. The Morgan fingerprint density at radius 1 is 1.50 bits per heavy atom. The number of hydrogen-bond acceptors (Lipinski definition) is 2. The average Bonchev–Trinajstić information content (AvgIpc) is 3.20. The molecule has 1 aliphatic rings. The topological polar surface area (TPSA) is 46.3 Å². The summed E-state index contributed by atoms with van der Waals surface area (Å²) in [4.78, 5) is 13.9. The first-order valence-corrected chi connectivity index (χ1v) is 6.43. The van der Waals surface area contributed by atoms with Gasteiger partial charge in [-0.1, -0.05) is 25.1 Å². The van der Waals surface area contributed by atoms with Crippen LogP contribution < -0.4 is 5.73 Å². The molecule has 2 rings (SSSR count). The van der Waals surface area contributed by atoms with E-state index in [-0.39, 0.29) is 17.8 Å². The molecule has 1 aromatic carbocycles. The minimum Gasteiger partial charge on any atom is -0.334 e. The van der Waals surface area contributed by atoms with Crippen LogP contribution in [0.15, 0.2) is 24.3 Å². The first-order valence-electron chi connectivity index (χ1n) is 6.43. The molecule has 1 fully saturated rings. The van der Waals surface area contributed by atoms with Gasteiger partial charge in [0.15, 0.2) is 0 Å². The molecule has 0 aromatic heterocycles. The monoisotopic (exact) mass is 250 g/mol. The highest BCUT2D eigenvalue weighted by atomic mass is 19.1. The van der Waals surface area contributed by atoms with E-state index in [4.69, 9.17) is 5.73 Å². The standard InChI is InChI=1S/C14H19FN2O/c1-2-13(16)14(18)17(11-7-8-11)9-10-5-3-4-6-12(10)15/h3-6,11,13H,2,7-9,16H2,1H3/t13-/m0/s1. The van der Waals surface area contributed by atoms with Gasteiger partial charge in [-0.05, 0) is 25.3 Å². The molecule has 1 aromatic rings. The highest BCUT2D eigenvalue weighted by Crippen LogP contribution is 2.29. The van der Waals surface area contributed by atoms with Crippen LogP contribution in [0.1, 0.15) is 31.7 Å². The van der Waals surface area contributed by atoms with Gasteiger partial charge in [0.05, 0.1) is 6.04 Å². The number of carbonyl (C=O) groups is 1. The Kier molecular flexibility index (Phi) is 3.97. The summed E-state index contributed by atoms with van der Waals surface area (Å²) in [5, 5.41) is 0. The van der Waals surface area contributed by atoms with Crippen molar-refractivity contribution in [1.82, 2.24) is 4.90 Å². The second-order valence-electron chi connectivity index (χ2n) is 4.80. The van der Waals surface area contributed by atoms with E-state index < -0.39 is 6.04 Å². The largest absolute Gasteiger partial charge is 0.334 e. The van der Waals surface area contributed by atoms with Crippen LogP contribution in [0.2, 0.25) is 0 Å². The van der Waals surface area contributed by atoms with Gasteiger partial charge in [-0.15, -0.1) is 0 Å². The zero-order valence-electron chi connectivity index (χ0n) is 10.6. The maximum Gasteiger partial charge on any atom is 0.240 e. The van der Waals surface area contributed by atoms with Crippen LogP contribution in [0, 0.1) is 5.82 Å². The molecule has 0 radical (unpaired) electrons. The number of rotatable bonds is 5. The normalized spacial score (nSPS) is 16.4. The van der Waals surface area contributed by atoms with Crippen molar-refractivity contribution in [2.45, 2.75) is 44.8 Å². The highest BCUT2D eigenvalue weighted by molar-refractivity contribution is 5.82. The smallest absolute Gasteiger partial charge is 0.240 e. The molecule has 18 heavy (non-hydrogen) atoms. The Bertz CT molecular complexity index is 432. The molecule has 0 heterocycles. The van der Waals surface area contributed by atoms with Crippen LogP contribution in [0.3, 0.4) is 0 Å². The lowest BCUT2D eigenvalue weighted by atomic mass is 10.1. The molecular formula is C14H19FN2O. The first-order chi connectivity index (χ1) is 8.63. The Morgan fingerprint density at radius 3 is 2.72 bits per heavy atom. The fraction of sp³-hybridized carbons (Fsp3) is 0.500. The summed E-state index contributed by atoms with van der Waals surface area (Å²) in [7, 11) is 0. The third kappa shape index (κ3) is 2.88. The Labute approximate surface area is 107 Å². The Morgan fingerprint density at radius 2 is 2.17 bits per heavy atom. The molecular weight excluding hydrogens is 231 g/mol. The van der Waals surface area contributed by atoms with Crippen LogP contribution >= 0.6 is 0 Å². The van der Waals surface area contributed by atoms with Crippen molar-refractivity contribution in [3.8, 4) is 0 Å². The van der Waals surface area contributed by atoms with Crippen LogP contribution in [0.4, 0.5) is 4.39 Å². The average molecular weight is 250 g/mol. The van der Waals surface area contributed by atoms with Gasteiger partial charge in [0, 0.05) is 18.2 Å². The van der Waals surface area contributed by atoms with Gasteiger partial charge in [-0.25, -0.2) is 4.39 Å². The highest BCUT2D eigenvalue weighted by Gasteiger charge is 2.34. The van der Waals surface area contributed by atoms with Crippen molar-refractivity contribution in [3.05, 3.63) is 35.6 Å². The molecule has 0 aliphatic heterocycles. The van der Waals surface area contributed by atoms with Crippen LogP contribution in [-0.2, 0) is 11.3 Å². The molecule has 0 unspecified atom stereocenters. The second kappa shape index (κ2) is 5.48. The van der Waals surface area contributed by atoms with Crippen molar-refractivity contribution < 1.29 is 9.18 Å². The molecule has 0 bridgehead atoms. The van der Waals surface area contributed by atoms with Gasteiger partial charge in [0.2, 0.25) is 5.91 Å². The van der Waals surface area contributed by atoms with Crippen LogP contribution in [0.5, 0.6) is 0 Å². The van der Waals surface area contributed by atoms with E-state index >= 15 is 0 Å². The van der Waals surface area contributed by atoms with Gasteiger partial charge in [-0.3, -0.25) is 4.79 Å². The molecule has 1 amide bonds. The minimum atomic E-state index is -0.475. The number of amides is 1. The number of carbonyl (C=O) groups excluding carboxylic acids is 1. The van der Waals surface area contributed by atoms with Crippen LogP contribution in [-0.4, -0.2) is 22.9 Å². The number of benzene rings is 1. The molecule has 1 saturated carbocycles. The predicted molar refractivity (Wildman–Crippen MR) is 68.2 cm³/mol. The van der Waals surface area contributed by atoms with Gasteiger partial charge < -0.3 is 10.6 Å². The fourth-order valence-corrected chi connectivity index (χ4v) is 1.97. The van der Waals surface area contributed by atoms with E-state index in [9.17, 15) is 9.18 Å². The summed E-state index contributed by atoms with van der Waals surface area (Å²) in [6, 6.07) is 6.35. The Hall–Kier alpha value is -1.42. The zero-order valence-corrected chi connectivity index (χ0v) is 10.6. The molecule has 2 N–H and O–H groups in total. The number of halogens is 1. The first kappa shape index (κ1) is 13.0. The molecule has 4 heteroatoms. The molecule has 1 atom stereocenters. The predicted octanol–water partition coefficient (Wildman–Crippen LogP) is 2.05. The lowest BCUT2D eigenvalue weighted by molar-refractivity contribution is -0.133. The molecule has 98 valence electrons. The Balaban J connectivity index is 2.12. The van der Waals surface area contributed by atoms with Gasteiger partial charge in [0.1, 0.15) is 5.82 Å². The maximum atomic E-state index is 13.6. The fourth-order valence-electron chi connectivity index (χ4n) is 1.97. The van der Waals surface area contributed by atoms with Gasteiger partial charge >= 0.3 is 0 Å². The third-order valence-corrected chi connectivity index (χ3v) is 3.33. The van der Waals surface area contributed by atoms with Crippen molar-refractivity contribution >= 4 is 5.91 Å². The van der Waals surface area contributed by atoms with Crippen molar-refractivity contribution in [1.29, 1.82) is 0 Å². The zero-order chi connectivity index (χ0) is 13.1. The number of hydrogen-bond donors (Lipinski definition) is 1. The van der Waals surface area contributed by atoms with E-state index in [1.165, 1.54) is 6.07 Å². The number of nitrogens with two attached hydrogens (primary N) is 1. The quantitative estimate of drug-likeness (QED) is 0.869. The van der Waals surface area contributed by atoms with Crippen molar-refractivity contribution in [3.63, 3.8) is 0 Å². The SMILES string of the molecule is CC[C@H](N)C(=O)N(Cc1ccccc1F)C1CC1. The van der Waals surface area contributed by atoms with Crippen LogP contribution in [0.25, 0.3) is 0 Å². The molecule has 1 aliphatic carbocycles. The van der Waals surface area contributed by atoms with Gasteiger partial charge in [0.25, 0.3) is 0 Å². The lowest BCUT2D eigenvalue weighted by Gasteiger charge is -2.25. The van der Waals surface area contributed by atoms with Crippen molar-refractivity contribution in [2.24, 2.45) is 5.73 Å². The maximum absolute atomic E-state index is 13.6. The van der Waals surface area contributed by atoms with Gasteiger partial charge in [-0.2, -0.15) is 0 Å². The number of nitrogens with zero attached hydrogens (tertiary/aromatic N) is 1. The molecule has 0 spiro atoms. The summed E-state index contributed by atoms with van der Waals surface area (Å²) in [5.41, 5.74) is 6.35. The summed E-state index contributed by atoms with van der Waals surface area (Å²) in [6.45, 7) is 2.21. The third-order valence-electron chi connectivity index (χ3n) is 3.33. The summed E-state index contributed by atoms with van der Waals surface area (Å²) in [6.07, 6.45) is 2.60. The van der Waals surface area contributed by atoms with E-state index in [0.29, 0.717) is 18.5 Å². The van der Waals surface area contributed by atoms with E-state index in [0.717, 1.165) is 12.8 Å². The minimum absolute atomic E-state index is 0.0664. The molecule has 3 nitrogen and oxygen atoms in total. The summed E-state index contributed by atoms with van der Waals surface area (Å²) in [5.74, 6) is -0.329. The molecule has 0 saturated heterocycles. The van der Waals surface area contributed by atoms with E-state index in [1.807, 2.05) is 6.92 Å². The second-order valence-corrected chi connectivity index (χ2v) is 4.80. The van der Waals surface area contributed by atoms with E-state index in [2.05, 4.69) is 0 Å². The van der Waals surface area contributed by atoms with Crippen molar-refractivity contribution in [2.75, 3.05) is 0 Å². The van der Waals surface area contributed by atoms with E-state index in [1.54, 1.807) is 23.1 Å². The lowest BCUT2D eigenvalue weighted by Crippen LogP contribution is -2.44. The summed E-state index contributed by atoms with van der Waals surface area (Å²) >= 11 is 0.